The SMILES string of the molecule is COc1cc(NC(=O)c2ccccc2)c(C)cc1NC(=O)c1ccc(Cl)cc1. The molecule has 0 heterocycles. The van der Waals surface area contributed by atoms with Gasteiger partial charge in [-0.1, -0.05) is 29.8 Å². The molecule has 142 valence electrons. The number of halogens is 1. The van der Waals surface area contributed by atoms with E-state index in [1.54, 1.807) is 60.7 Å². The summed E-state index contributed by atoms with van der Waals surface area (Å²) >= 11 is 5.86. The smallest absolute Gasteiger partial charge is 0.255 e. The topological polar surface area (TPSA) is 67.4 Å². The second-order valence-corrected chi connectivity index (χ2v) is 6.59. The van der Waals surface area contributed by atoms with E-state index in [0.29, 0.717) is 33.3 Å². The fourth-order valence-electron chi connectivity index (χ4n) is 2.67. The van der Waals surface area contributed by atoms with Crippen molar-refractivity contribution in [3.8, 4) is 5.75 Å². The van der Waals surface area contributed by atoms with Crippen LogP contribution in [0.5, 0.6) is 5.75 Å². The van der Waals surface area contributed by atoms with Gasteiger partial charge in [0.05, 0.1) is 12.8 Å². The monoisotopic (exact) mass is 394 g/mol. The summed E-state index contributed by atoms with van der Waals surface area (Å²) < 4.78 is 5.40. The summed E-state index contributed by atoms with van der Waals surface area (Å²) in [4.78, 5) is 24.9. The molecule has 3 rings (SSSR count). The molecule has 0 fully saturated rings. The molecule has 2 N–H and O–H groups in total. The quantitative estimate of drug-likeness (QED) is 0.628. The fraction of sp³-hybridized carbons (Fsp3) is 0.0909. The van der Waals surface area contributed by atoms with Crippen LogP contribution in [0.1, 0.15) is 26.3 Å². The van der Waals surface area contributed by atoms with E-state index in [1.165, 1.54) is 7.11 Å². The fourth-order valence-corrected chi connectivity index (χ4v) is 2.80. The molecular weight excluding hydrogens is 376 g/mol. The van der Waals surface area contributed by atoms with Crippen LogP contribution in [0.3, 0.4) is 0 Å². The first-order valence-corrected chi connectivity index (χ1v) is 8.97. The maximum atomic E-state index is 12.5. The maximum Gasteiger partial charge on any atom is 0.255 e. The van der Waals surface area contributed by atoms with Gasteiger partial charge in [0.2, 0.25) is 0 Å². The van der Waals surface area contributed by atoms with Crippen LogP contribution in [0, 0.1) is 6.92 Å². The highest BCUT2D eigenvalue weighted by atomic mass is 35.5. The van der Waals surface area contributed by atoms with Crippen molar-refractivity contribution in [3.63, 3.8) is 0 Å². The lowest BCUT2D eigenvalue weighted by molar-refractivity contribution is 0.101. The average Bonchev–Trinajstić information content (AvgIpc) is 2.71. The number of carbonyl (C=O) groups is 2. The second-order valence-electron chi connectivity index (χ2n) is 6.15. The highest BCUT2D eigenvalue weighted by Gasteiger charge is 2.14. The summed E-state index contributed by atoms with van der Waals surface area (Å²) in [5.74, 6) is -0.0598. The van der Waals surface area contributed by atoms with Gasteiger partial charge in [0.25, 0.3) is 11.8 Å². The van der Waals surface area contributed by atoms with Crippen molar-refractivity contribution in [2.45, 2.75) is 6.92 Å². The summed E-state index contributed by atoms with van der Waals surface area (Å²) in [6.07, 6.45) is 0. The van der Waals surface area contributed by atoms with Gasteiger partial charge in [-0.15, -0.1) is 0 Å². The lowest BCUT2D eigenvalue weighted by atomic mass is 10.1. The molecule has 28 heavy (non-hydrogen) atoms. The number of amides is 2. The largest absolute Gasteiger partial charge is 0.494 e. The molecule has 0 atom stereocenters. The van der Waals surface area contributed by atoms with Crippen molar-refractivity contribution in [1.82, 2.24) is 0 Å². The molecule has 3 aromatic carbocycles. The van der Waals surface area contributed by atoms with Crippen molar-refractivity contribution < 1.29 is 14.3 Å². The third kappa shape index (κ3) is 4.50. The molecule has 0 saturated carbocycles. The van der Waals surface area contributed by atoms with E-state index in [2.05, 4.69) is 10.6 Å². The first kappa shape index (κ1) is 19.5. The van der Waals surface area contributed by atoms with Gasteiger partial charge >= 0.3 is 0 Å². The van der Waals surface area contributed by atoms with Crippen LogP contribution in [-0.2, 0) is 0 Å². The Kier molecular flexibility index (Phi) is 5.96. The number of hydrogen-bond acceptors (Lipinski definition) is 3. The van der Waals surface area contributed by atoms with E-state index in [0.717, 1.165) is 5.56 Å². The van der Waals surface area contributed by atoms with Gasteiger partial charge < -0.3 is 15.4 Å². The van der Waals surface area contributed by atoms with Gasteiger partial charge in [0, 0.05) is 27.9 Å². The molecule has 5 nitrogen and oxygen atoms in total. The highest BCUT2D eigenvalue weighted by Crippen LogP contribution is 2.32. The number of anilines is 2. The summed E-state index contributed by atoms with van der Waals surface area (Å²) in [5.41, 5.74) is 2.94. The Hall–Kier alpha value is -3.31. The lowest BCUT2D eigenvalue weighted by Gasteiger charge is -2.15. The van der Waals surface area contributed by atoms with Crippen molar-refractivity contribution in [2.75, 3.05) is 17.7 Å². The summed E-state index contributed by atoms with van der Waals surface area (Å²) in [6.45, 7) is 1.85. The van der Waals surface area contributed by atoms with Crippen LogP contribution in [0.25, 0.3) is 0 Å². The lowest BCUT2D eigenvalue weighted by Crippen LogP contribution is -2.15. The molecule has 0 bridgehead atoms. The molecule has 0 spiro atoms. The highest BCUT2D eigenvalue weighted by molar-refractivity contribution is 6.30. The Morgan fingerprint density at radius 1 is 0.821 bits per heavy atom. The molecule has 0 aliphatic rings. The maximum absolute atomic E-state index is 12.5. The summed E-state index contributed by atoms with van der Waals surface area (Å²) in [7, 11) is 1.51. The molecule has 0 aliphatic carbocycles. The minimum atomic E-state index is -0.282. The Balaban J connectivity index is 1.82. The molecule has 0 aliphatic heterocycles. The molecule has 2 amide bonds. The van der Waals surface area contributed by atoms with Crippen molar-refractivity contribution in [2.24, 2.45) is 0 Å². The van der Waals surface area contributed by atoms with E-state index >= 15 is 0 Å². The van der Waals surface area contributed by atoms with Gasteiger partial charge in [-0.3, -0.25) is 9.59 Å². The number of hydrogen-bond donors (Lipinski definition) is 2. The molecular formula is C22H19ClN2O3. The van der Waals surface area contributed by atoms with Gasteiger partial charge in [-0.25, -0.2) is 0 Å². The zero-order valence-corrected chi connectivity index (χ0v) is 16.2. The van der Waals surface area contributed by atoms with E-state index < -0.39 is 0 Å². The zero-order chi connectivity index (χ0) is 20.1. The van der Waals surface area contributed by atoms with E-state index in [9.17, 15) is 9.59 Å². The minimum Gasteiger partial charge on any atom is -0.494 e. The van der Waals surface area contributed by atoms with Crippen molar-refractivity contribution >= 4 is 34.8 Å². The van der Waals surface area contributed by atoms with Gasteiger partial charge in [-0.05, 0) is 55.0 Å². The van der Waals surface area contributed by atoms with E-state index in [-0.39, 0.29) is 11.8 Å². The number of benzene rings is 3. The standard InChI is InChI=1S/C22H19ClN2O3/c1-14-12-19(25-22(27)16-8-10-17(23)11-9-16)20(28-2)13-18(14)24-21(26)15-6-4-3-5-7-15/h3-13H,1-2H3,(H,24,26)(H,25,27). The number of aryl methyl sites for hydroxylation is 1. The molecule has 0 unspecified atom stereocenters. The normalized spacial score (nSPS) is 10.2. The number of ether oxygens (including phenoxy) is 1. The van der Waals surface area contributed by atoms with Crippen LogP contribution in [0.15, 0.2) is 66.7 Å². The van der Waals surface area contributed by atoms with Crippen molar-refractivity contribution in [3.05, 3.63) is 88.4 Å². The van der Waals surface area contributed by atoms with Crippen LogP contribution in [0.2, 0.25) is 5.02 Å². The first-order valence-electron chi connectivity index (χ1n) is 8.60. The van der Waals surface area contributed by atoms with Crippen LogP contribution in [0.4, 0.5) is 11.4 Å². The van der Waals surface area contributed by atoms with Crippen LogP contribution in [-0.4, -0.2) is 18.9 Å². The Morgan fingerprint density at radius 3 is 2.00 bits per heavy atom. The second kappa shape index (κ2) is 8.59. The zero-order valence-electron chi connectivity index (χ0n) is 15.5. The van der Waals surface area contributed by atoms with E-state index in [4.69, 9.17) is 16.3 Å². The minimum absolute atomic E-state index is 0.219. The van der Waals surface area contributed by atoms with E-state index in [1.807, 2.05) is 13.0 Å². The summed E-state index contributed by atoms with van der Waals surface area (Å²) in [5, 5.41) is 6.26. The van der Waals surface area contributed by atoms with Gasteiger partial charge in [-0.2, -0.15) is 0 Å². The molecule has 0 radical (unpaired) electrons. The number of carbonyl (C=O) groups excluding carboxylic acids is 2. The van der Waals surface area contributed by atoms with Crippen LogP contribution < -0.4 is 15.4 Å². The number of methoxy groups -OCH3 is 1. The average molecular weight is 395 g/mol. The molecule has 0 aromatic heterocycles. The number of nitrogens with one attached hydrogen (secondary N) is 2. The third-order valence-corrected chi connectivity index (χ3v) is 4.44. The van der Waals surface area contributed by atoms with Gasteiger partial charge in [0.15, 0.2) is 0 Å². The summed E-state index contributed by atoms with van der Waals surface area (Å²) in [6, 6.07) is 19.0. The Morgan fingerprint density at radius 2 is 1.39 bits per heavy atom. The Bertz CT molecular complexity index is 1000. The first-order chi connectivity index (χ1) is 13.5. The van der Waals surface area contributed by atoms with Gasteiger partial charge in [0.1, 0.15) is 5.75 Å². The molecule has 3 aromatic rings. The third-order valence-electron chi connectivity index (χ3n) is 4.19. The Labute approximate surface area is 168 Å². The predicted molar refractivity (Wildman–Crippen MR) is 112 cm³/mol. The van der Waals surface area contributed by atoms with Crippen LogP contribution >= 0.6 is 11.6 Å². The molecule has 0 saturated heterocycles. The predicted octanol–water partition coefficient (Wildman–Crippen LogP) is 5.16. The van der Waals surface area contributed by atoms with Crippen molar-refractivity contribution in [1.29, 1.82) is 0 Å². The molecule has 6 heteroatoms. The number of rotatable bonds is 5.